The van der Waals surface area contributed by atoms with E-state index >= 15 is 0 Å². The normalized spacial score (nSPS) is 11.6. The number of halogens is 3. The van der Waals surface area contributed by atoms with Crippen molar-refractivity contribution in [2.75, 3.05) is 5.32 Å². The van der Waals surface area contributed by atoms with Gasteiger partial charge in [-0.3, -0.25) is 9.59 Å². The zero-order chi connectivity index (χ0) is 20.8. The molecule has 0 heterocycles. The molecular weight excluding hydrogens is 398 g/mol. The van der Waals surface area contributed by atoms with E-state index in [9.17, 15) is 18.4 Å². The van der Waals surface area contributed by atoms with Crippen molar-refractivity contribution in [3.05, 3.63) is 101 Å². The largest absolute Gasteiger partial charge is 0.345 e. The SMILES string of the molecule is O=C(CC(NC(=O)c1ccccc1Cl)c1ccccc1)Nc1cc(F)ccc1F. The zero-order valence-electron chi connectivity index (χ0n) is 15.2. The molecule has 0 aliphatic heterocycles. The number of benzene rings is 3. The molecule has 0 bridgehead atoms. The lowest BCUT2D eigenvalue weighted by Gasteiger charge is -2.19. The van der Waals surface area contributed by atoms with Gasteiger partial charge in [-0.15, -0.1) is 0 Å². The number of amides is 2. The molecule has 148 valence electrons. The van der Waals surface area contributed by atoms with E-state index in [0.29, 0.717) is 5.56 Å². The molecule has 1 atom stereocenters. The first kappa shape index (κ1) is 20.5. The number of nitrogens with one attached hydrogen (secondary N) is 2. The van der Waals surface area contributed by atoms with Crippen LogP contribution < -0.4 is 10.6 Å². The van der Waals surface area contributed by atoms with Crippen molar-refractivity contribution < 1.29 is 18.4 Å². The summed E-state index contributed by atoms with van der Waals surface area (Å²) in [6, 6.07) is 17.5. The van der Waals surface area contributed by atoms with E-state index in [0.717, 1.165) is 18.2 Å². The molecule has 29 heavy (non-hydrogen) atoms. The van der Waals surface area contributed by atoms with Crippen LogP contribution in [0, 0.1) is 11.6 Å². The summed E-state index contributed by atoms with van der Waals surface area (Å²) >= 11 is 6.08. The fourth-order valence-electron chi connectivity index (χ4n) is 2.80. The molecule has 7 heteroatoms. The molecular formula is C22H17ClF2N2O2. The minimum atomic E-state index is -0.754. The predicted molar refractivity (Wildman–Crippen MR) is 108 cm³/mol. The van der Waals surface area contributed by atoms with Crippen LogP contribution >= 0.6 is 11.6 Å². The molecule has 0 fully saturated rings. The average Bonchev–Trinajstić information content (AvgIpc) is 2.71. The van der Waals surface area contributed by atoms with Crippen LogP contribution in [0.3, 0.4) is 0 Å². The standard InChI is InChI=1S/C22H17ClF2N2O2/c23-17-9-5-4-8-16(17)22(29)27-19(14-6-2-1-3-7-14)13-21(28)26-20-12-15(24)10-11-18(20)25/h1-12,19H,13H2,(H,26,28)(H,27,29). The maximum Gasteiger partial charge on any atom is 0.253 e. The summed E-state index contributed by atoms with van der Waals surface area (Å²) in [6.07, 6.45) is -0.184. The Morgan fingerprint density at radius 1 is 0.931 bits per heavy atom. The van der Waals surface area contributed by atoms with E-state index in [2.05, 4.69) is 10.6 Å². The van der Waals surface area contributed by atoms with Crippen molar-refractivity contribution in [1.29, 1.82) is 0 Å². The van der Waals surface area contributed by atoms with E-state index in [1.807, 2.05) is 0 Å². The second kappa shape index (κ2) is 9.30. The lowest BCUT2D eigenvalue weighted by molar-refractivity contribution is -0.116. The minimum absolute atomic E-state index is 0.184. The summed E-state index contributed by atoms with van der Waals surface area (Å²) in [5.74, 6) is -2.46. The highest BCUT2D eigenvalue weighted by atomic mass is 35.5. The van der Waals surface area contributed by atoms with Crippen LogP contribution in [0.25, 0.3) is 0 Å². The highest BCUT2D eigenvalue weighted by Gasteiger charge is 2.21. The molecule has 1 unspecified atom stereocenters. The van der Waals surface area contributed by atoms with E-state index in [1.165, 1.54) is 0 Å². The first-order valence-corrected chi connectivity index (χ1v) is 9.17. The molecule has 0 saturated heterocycles. The Balaban J connectivity index is 1.79. The fourth-order valence-corrected chi connectivity index (χ4v) is 3.02. The molecule has 2 amide bonds. The van der Waals surface area contributed by atoms with E-state index in [-0.39, 0.29) is 22.7 Å². The molecule has 0 aliphatic rings. The van der Waals surface area contributed by atoms with Crippen LogP contribution in [0.4, 0.5) is 14.5 Å². The van der Waals surface area contributed by atoms with Gasteiger partial charge in [0.05, 0.1) is 28.7 Å². The van der Waals surface area contributed by atoms with Gasteiger partial charge in [0, 0.05) is 6.07 Å². The molecule has 0 aromatic heterocycles. The summed E-state index contributed by atoms with van der Waals surface area (Å²) in [5, 5.41) is 5.41. The number of rotatable bonds is 6. The quantitative estimate of drug-likeness (QED) is 0.588. The molecule has 4 nitrogen and oxygen atoms in total. The van der Waals surface area contributed by atoms with Crippen molar-refractivity contribution in [1.82, 2.24) is 5.32 Å². The van der Waals surface area contributed by atoms with E-state index < -0.39 is 29.5 Å². The second-order valence-electron chi connectivity index (χ2n) is 6.29. The maximum atomic E-state index is 13.8. The minimum Gasteiger partial charge on any atom is -0.345 e. The third-order valence-corrected chi connectivity index (χ3v) is 4.55. The summed E-state index contributed by atoms with van der Waals surface area (Å²) in [6.45, 7) is 0. The highest BCUT2D eigenvalue weighted by molar-refractivity contribution is 6.33. The Hall–Kier alpha value is -3.25. The Morgan fingerprint density at radius 3 is 2.34 bits per heavy atom. The second-order valence-corrected chi connectivity index (χ2v) is 6.70. The van der Waals surface area contributed by atoms with Gasteiger partial charge in [-0.2, -0.15) is 0 Å². The molecule has 3 aromatic carbocycles. The van der Waals surface area contributed by atoms with Gasteiger partial charge in [-0.1, -0.05) is 54.1 Å². The lowest BCUT2D eigenvalue weighted by Crippen LogP contribution is -2.31. The molecule has 2 N–H and O–H groups in total. The monoisotopic (exact) mass is 414 g/mol. The topological polar surface area (TPSA) is 58.2 Å². The van der Waals surface area contributed by atoms with Gasteiger partial charge in [0.2, 0.25) is 5.91 Å². The first-order valence-electron chi connectivity index (χ1n) is 8.79. The number of hydrogen-bond donors (Lipinski definition) is 2. The predicted octanol–water partition coefficient (Wildman–Crippen LogP) is 5.12. The Bertz CT molecular complexity index is 1030. The summed E-state index contributed by atoms with van der Waals surface area (Å²) < 4.78 is 27.1. The van der Waals surface area contributed by atoms with Crippen LogP contribution in [0.1, 0.15) is 28.4 Å². The maximum absolute atomic E-state index is 13.8. The van der Waals surface area contributed by atoms with Gasteiger partial charge in [0.1, 0.15) is 11.6 Å². The molecule has 0 saturated carbocycles. The molecule has 3 aromatic rings. The first-order chi connectivity index (χ1) is 13.9. The lowest BCUT2D eigenvalue weighted by atomic mass is 10.0. The highest BCUT2D eigenvalue weighted by Crippen LogP contribution is 2.22. The molecule has 0 spiro atoms. The average molecular weight is 415 g/mol. The van der Waals surface area contributed by atoms with Crippen LogP contribution in [0.15, 0.2) is 72.8 Å². The van der Waals surface area contributed by atoms with Crippen LogP contribution in [-0.2, 0) is 4.79 Å². The number of anilines is 1. The van der Waals surface area contributed by atoms with Gasteiger partial charge in [0.15, 0.2) is 0 Å². The van der Waals surface area contributed by atoms with Crippen LogP contribution in [0.2, 0.25) is 5.02 Å². The van der Waals surface area contributed by atoms with E-state index in [1.54, 1.807) is 54.6 Å². The number of carbonyl (C=O) groups is 2. The summed E-state index contributed by atoms with van der Waals surface area (Å²) in [5.41, 5.74) is 0.689. The molecule has 0 radical (unpaired) electrons. The van der Waals surface area contributed by atoms with Gasteiger partial charge < -0.3 is 10.6 Å². The van der Waals surface area contributed by atoms with E-state index in [4.69, 9.17) is 11.6 Å². The van der Waals surface area contributed by atoms with Crippen molar-refractivity contribution in [3.63, 3.8) is 0 Å². The number of hydrogen-bond acceptors (Lipinski definition) is 2. The zero-order valence-corrected chi connectivity index (χ0v) is 15.9. The van der Waals surface area contributed by atoms with Gasteiger partial charge >= 0.3 is 0 Å². The van der Waals surface area contributed by atoms with Gasteiger partial charge in [-0.05, 0) is 29.8 Å². The Labute approximate surface area is 171 Å². The van der Waals surface area contributed by atoms with Crippen molar-refractivity contribution in [2.45, 2.75) is 12.5 Å². The molecule has 3 rings (SSSR count). The van der Waals surface area contributed by atoms with Crippen molar-refractivity contribution in [3.8, 4) is 0 Å². The van der Waals surface area contributed by atoms with Crippen LogP contribution in [-0.4, -0.2) is 11.8 Å². The summed E-state index contributed by atoms with van der Waals surface area (Å²) in [7, 11) is 0. The van der Waals surface area contributed by atoms with Crippen molar-refractivity contribution >= 4 is 29.1 Å². The summed E-state index contributed by atoms with van der Waals surface area (Å²) in [4.78, 5) is 25.1. The fraction of sp³-hybridized carbons (Fsp3) is 0.0909. The smallest absolute Gasteiger partial charge is 0.253 e. The third-order valence-electron chi connectivity index (χ3n) is 4.22. The Kier molecular flexibility index (Phi) is 6.57. The molecule has 0 aliphatic carbocycles. The third kappa shape index (κ3) is 5.39. The van der Waals surface area contributed by atoms with Gasteiger partial charge in [-0.25, -0.2) is 8.78 Å². The Morgan fingerprint density at radius 2 is 1.62 bits per heavy atom. The number of carbonyl (C=O) groups excluding carboxylic acids is 2. The van der Waals surface area contributed by atoms with Crippen LogP contribution in [0.5, 0.6) is 0 Å². The van der Waals surface area contributed by atoms with Crippen molar-refractivity contribution in [2.24, 2.45) is 0 Å². The van der Waals surface area contributed by atoms with Gasteiger partial charge in [0.25, 0.3) is 5.91 Å².